The van der Waals surface area contributed by atoms with Gasteiger partial charge in [-0.2, -0.15) is 5.10 Å². The van der Waals surface area contributed by atoms with Crippen LogP contribution in [-0.2, 0) is 4.79 Å². The van der Waals surface area contributed by atoms with E-state index in [9.17, 15) is 4.79 Å². The second kappa shape index (κ2) is 3.51. The van der Waals surface area contributed by atoms with E-state index in [4.69, 9.17) is 0 Å². The Morgan fingerprint density at radius 3 is 2.91 bits per heavy atom. The van der Waals surface area contributed by atoms with Crippen molar-refractivity contribution >= 4 is 11.6 Å². The Kier molecular flexibility index (Phi) is 2.63. The van der Waals surface area contributed by atoms with Crippen molar-refractivity contribution in [2.45, 2.75) is 33.1 Å². The molecule has 0 aromatic carbocycles. The van der Waals surface area contributed by atoms with Crippen LogP contribution in [0.5, 0.6) is 0 Å². The molecule has 0 bridgehead atoms. The summed E-state index contributed by atoms with van der Waals surface area (Å²) in [6.45, 7) is 4.78. The Morgan fingerprint density at radius 1 is 1.55 bits per heavy atom. The molecule has 11 heavy (non-hydrogen) atoms. The normalized spacial score (nSPS) is 18.5. The summed E-state index contributed by atoms with van der Waals surface area (Å²) < 4.78 is 0. The van der Waals surface area contributed by atoms with Crippen LogP contribution in [0, 0.1) is 0 Å². The number of rotatable bonds is 2. The van der Waals surface area contributed by atoms with E-state index < -0.39 is 0 Å². The van der Waals surface area contributed by atoms with E-state index in [1.165, 1.54) is 0 Å². The van der Waals surface area contributed by atoms with E-state index in [0.29, 0.717) is 6.42 Å². The zero-order valence-corrected chi connectivity index (χ0v) is 7.13. The fraction of sp³-hybridized carbons (Fsp3) is 0.750. The molecule has 0 atom stereocenters. The van der Waals surface area contributed by atoms with Crippen LogP contribution in [0.2, 0.25) is 0 Å². The van der Waals surface area contributed by atoms with Crippen LogP contribution in [0.25, 0.3) is 0 Å². The largest absolute Gasteiger partial charge is 0.273 e. The highest BCUT2D eigenvalue weighted by Crippen LogP contribution is 2.08. The Morgan fingerprint density at radius 2 is 2.27 bits per heavy atom. The van der Waals surface area contributed by atoms with E-state index in [-0.39, 0.29) is 5.91 Å². The summed E-state index contributed by atoms with van der Waals surface area (Å²) in [6.07, 6.45) is 2.44. The number of hydrazone groups is 1. The number of carbonyl (C=O) groups excluding carboxylic acids is 1. The lowest BCUT2D eigenvalue weighted by Crippen LogP contribution is -2.31. The molecule has 0 saturated carbocycles. The number of hydrogen-bond acceptors (Lipinski definition) is 2. The highest BCUT2D eigenvalue weighted by atomic mass is 16.2. The van der Waals surface area contributed by atoms with Crippen molar-refractivity contribution in [1.29, 1.82) is 0 Å². The molecule has 0 aromatic rings. The zero-order valence-electron chi connectivity index (χ0n) is 7.13. The predicted molar refractivity (Wildman–Crippen MR) is 44.3 cm³/mol. The molecule has 1 aliphatic rings. The van der Waals surface area contributed by atoms with Crippen molar-refractivity contribution in [3.05, 3.63) is 0 Å². The van der Waals surface area contributed by atoms with Gasteiger partial charge in [0.2, 0.25) is 5.91 Å². The molecule has 0 aliphatic carbocycles. The summed E-state index contributed by atoms with van der Waals surface area (Å²) in [5.74, 6) is 0.164. The summed E-state index contributed by atoms with van der Waals surface area (Å²) in [7, 11) is 0. The van der Waals surface area contributed by atoms with Gasteiger partial charge in [-0.1, -0.05) is 6.92 Å². The van der Waals surface area contributed by atoms with Gasteiger partial charge >= 0.3 is 0 Å². The molecule has 0 spiro atoms. The van der Waals surface area contributed by atoms with Gasteiger partial charge in [0.15, 0.2) is 0 Å². The third-order valence-corrected chi connectivity index (χ3v) is 1.72. The van der Waals surface area contributed by atoms with E-state index >= 15 is 0 Å². The minimum atomic E-state index is 0.164. The second-order valence-corrected chi connectivity index (χ2v) is 2.85. The first-order chi connectivity index (χ1) is 5.24. The number of hydrogen-bond donors (Lipinski definition) is 0. The topological polar surface area (TPSA) is 32.7 Å². The molecule has 1 amide bonds. The lowest BCUT2D eigenvalue weighted by Gasteiger charge is -2.21. The number of amides is 1. The Labute approximate surface area is 67.1 Å². The fourth-order valence-electron chi connectivity index (χ4n) is 1.12. The van der Waals surface area contributed by atoms with Crippen molar-refractivity contribution in [3.63, 3.8) is 0 Å². The summed E-state index contributed by atoms with van der Waals surface area (Å²) in [5.41, 5.74) is 1.07. The summed E-state index contributed by atoms with van der Waals surface area (Å²) in [4.78, 5) is 11.1. The van der Waals surface area contributed by atoms with E-state index in [2.05, 4.69) is 5.10 Å². The lowest BCUT2D eigenvalue weighted by molar-refractivity contribution is -0.131. The molecule has 0 radical (unpaired) electrons. The van der Waals surface area contributed by atoms with Crippen LogP contribution in [0.3, 0.4) is 0 Å². The average Bonchev–Trinajstić information content (AvgIpc) is 1.98. The van der Waals surface area contributed by atoms with Crippen molar-refractivity contribution in [1.82, 2.24) is 5.01 Å². The van der Waals surface area contributed by atoms with Crippen molar-refractivity contribution < 1.29 is 4.79 Å². The molecule has 0 aromatic heterocycles. The smallest absolute Gasteiger partial charge is 0.243 e. The molecule has 1 rings (SSSR count). The predicted octanol–water partition coefficient (Wildman–Crippen LogP) is 1.39. The van der Waals surface area contributed by atoms with Gasteiger partial charge in [-0.15, -0.1) is 0 Å². The van der Waals surface area contributed by atoms with Gasteiger partial charge in [0.05, 0.1) is 0 Å². The molecular weight excluding hydrogens is 140 g/mol. The Balaban J connectivity index is 2.59. The molecule has 0 unspecified atom stereocenters. The summed E-state index contributed by atoms with van der Waals surface area (Å²) >= 11 is 0. The van der Waals surface area contributed by atoms with Crippen molar-refractivity contribution in [2.24, 2.45) is 5.10 Å². The average molecular weight is 154 g/mol. The van der Waals surface area contributed by atoms with Gasteiger partial charge in [0.1, 0.15) is 0 Å². The number of nitrogens with zero attached hydrogens (tertiary/aromatic N) is 2. The molecule has 3 nitrogen and oxygen atoms in total. The van der Waals surface area contributed by atoms with E-state index in [1.807, 2.05) is 13.8 Å². The lowest BCUT2D eigenvalue weighted by atomic mass is 10.2. The summed E-state index contributed by atoms with van der Waals surface area (Å²) in [5, 5.41) is 5.74. The van der Waals surface area contributed by atoms with Gasteiger partial charge in [0.25, 0.3) is 0 Å². The maximum absolute atomic E-state index is 11.1. The van der Waals surface area contributed by atoms with Crippen LogP contribution in [-0.4, -0.2) is 23.2 Å². The van der Waals surface area contributed by atoms with Crippen LogP contribution in [0.15, 0.2) is 5.10 Å². The van der Waals surface area contributed by atoms with Crippen molar-refractivity contribution in [2.75, 3.05) is 6.54 Å². The third kappa shape index (κ3) is 2.03. The minimum Gasteiger partial charge on any atom is -0.273 e. The highest BCUT2D eigenvalue weighted by molar-refractivity contribution is 5.90. The maximum atomic E-state index is 11.1. The molecular formula is C8H14N2O. The zero-order chi connectivity index (χ0) is 8.27. The fourth-order valence-corrected chi connectivity index (χ4v) is 1.12. The molecule has 1 aliphatic heterocycles. The quantitative estimate of drug-likeness (QED) is 0.591. The molecule has 0 fully saturated rings. The first-order valence-corrected chi connectivity index (χ1v) is 4.08. The van der Waals surface area contributed by atoms with E-state index in [1.54, 1.807) is 5.01 Å². The minimum absolute atomic E-state index is 0.164. The molecule has 3 heteroatoms. The van der Waals surface area contributed by atoms with Crippen molar-refractivity contribution in [3.8, 4) is 0 Å². The van der Waals surface area contributed by atoms with Crippen LogP contribution < -0.4 is 0 Å². The van der Waals surface area contributed by atoms with Crippen LogP contribution >= 0.6 is 0 Å². The first kappa shape index (κ1) is 8.24. The molecule has 1 heterocycles. The standard InChI is InChI=1S/C8H14N2O/c1-3-6-10-8(11)5-4-7(2)9-10/h3-6H2,1-2H3. The monoisotopic (exact) mass is 154 g/mol. The first-order valence-electron chi connectivity index (χ1n) is 4.08. The van der Waals surface area contributed by atoms with Gasteiger partial charge in [-0.05, 0) is 19.8 Å². The molecule has 0 saturated heterocycles. The summed E-state index contributed by atoms with van der Waals surface area (Å²) in [6, 6.07) is 0. The SMILES string of the molecule is CCCN1N=C(C)CCC1=O. The van der Waals surface area contributed by atoms with Gasteiger partial charge < -0.3 is 0 Å². The maximum Gasteiger partial charge on any atom is 0.243 e. The highest BCUT2D eigenvalue weighted by Gasteiger charge is 2.16. The van der Waals surface area contributed by atoms with Gasteiger partial charge in [-0.25, -0.2) is 5.01 Å². The van der Waals surface area contributed by atoms with E-state index in [0.717, 1.165) is 25.1 Å². The Hall–Kier alpha value is -0.860. The van der Waals surface area contributed by atoms with Gasteiger partial charge in [0, 0.05) is 18.7 Å². The Bertz CT molecular complexity index is 187. The van der Waals surface area contributed by atoms with Gasteiger partial charge in [-0.3, -0.25) is 4.79 Å². The van der Waals surface area contributed by atoms with Crippen LogP contribution in [0.1, 0.15) is 33.1 Å². The second-order valence-electron chi connectivity index (χ2n) is 2.85. The molecule has 62 valence electrons. The number of carbonyl (C=O) groups is 1. The van der Waals surface area contributed by atoms with Crippen LogP contribution in [0.4, 0.5) is 0 Å². The third-order valence-electron chi connectivity index (χ3n) is 1.72. The molecule has 0 N–H and O–H groups in total.